The van der Waals surface area contributed by atoms with Gasteiger partial charge in [-0.2, -0.15) is 0 Å². The molecule has 5 aromatic rings. The largest absolute Gasteiger partial charge is 0.497 e. The zero-order valence-corrected chi connectivity index (χ0v) is 19.4. The van der Waals surface area contributed by atoms with Crippen LogP contribution in [0.5, 0.6) is 11.5 Å². The van der Waals surface area contributed by atoms with E-state index in [0.29, 0.717) is 45.2 Å². The van der Waals surface area contributed by atoms with Crippen molar-refractivity contribution in [3.05, 3.63) is 58.6 Å². The SMILES string of the molecule is COc1ccc(OC)c(-n2c3nc4ccccc4nc3c3c(=O)n(C4CCCC4)c(C)nc32)c1. The van der Waals surface area contributed by atoms with Crippen molar-refractivity contribution in [2.24, 2.45) is 0 Å². The van der Waals surface area contributed by atoms with Crippen LogP contribution >= 0.6 is 0 Å². The number of fused-ring (bicyclic) bond motifs is 4. The van der Waals surface area contributed by atoms with Crippen LogP contribution in [0, 0.1) is 6.92 Å². The van der Waals surface area contributed by atoms with Crippen molar-refractivity contribution in [3.8, 4) is 17.2 Å². The fourth-order valence-corrected chi connectivity index (χ4v) is 5.20. The minimum Gasteiger partial charge on any atom is -0.497 e. The first kappa shape index (κ1) is 20.7. The summed E-state index contributed by atoms with van der Waals surface area (Å²) < 4.78 is 14.9. The van der Waals surface area contributed by atoms with Gasteiger partial charge in [0.15, 0.2) is 11.3 Å². The average Bonchev–Trinajstić information content (AvgIpc) is 3.48. The highest BCUT2D eigenvalue weighted by molar-refractivity contribution is 6.06. The second kappa shape index (κ2) is 7.83. The highest BCUT2D eigenvalue weighted by Gasteiger charge is 2.27. The minimum absolute atomic E-state index is 0.0652. The Morgan fingerprint density at radius 3 is 2.35 bits per heavy atom. The molecule has 0 N–H and O–H groups in total. The van der Waals surface area contributed by atoms with Crippen LogP contribution in [0.1, 0.15) is 37.5 Å². The molecule has 3 heterocycles. The molecule has 172 valence electrons. The number of rotatable bonds is 4. The van der Waals surface area contributed by atoms with E-state index in [2.05, 4.69) is 0 Å². The summed E-state index contributed by atoms with van der Waals surface area (Å²) in [5, 5.41) is 0.482. The first-order valence-electron chi connectivity index (χ1n) is 11.5. The van der Waals surface area contributed by atoms with Crippen molar-refractivity contribution in [1.29, 1.82) is 0 Å². The molecule has 8 nitrogen and oxygen atoms in total. The molecule has 0 spiro atoms. The molecule has 1 aliphatic rings. The van der Waals surface area contributed by atoms with E-state index in [1.165, 1.54) is 0 Å². The molecule has 0 atom stereocenters. The predicted molar refractivity (Wildman–Crippen MR) is 131 cm³/mol. The van der Waals surface area contributed by atoms with E-state index < -0.39 is 0 Å². The molecule has 6 rings (SSSR count). The molecule has 1 fully saturated rings. The van der Waals surface area contributed by atoms with Crippen molar-refractivity contribution in [2.45, 2.75) is 38.6 Å². The lowest BCUT2D eigenvalue weighted by atomic mass is 10.2. The van der Waals surface area contributed by atoms with Crippen LogP contribution in [0.2, 0.25) is 0 Å². The lowest BCUT2D eigenvalue weighted by Crippen LogP contribution is -2.27. The molecule has 0 saturated heterocycles. The van der Waals surface area contributed by atoms with Crippen LogP contribution in [-0.2, 0) is 0 Å². The number of nitrogens with zero attached hydrogens (tertiary/aromatic N) is 5. The lowest BCUT2D eigenvalue weighted by Gasteiger charge is -2.17. The molecule has 0 bridgehead atoms. The first-order chi connectivity index (χ1) is 16.6. The maximum atomic E-state index is 14.0. The Hall–Kier alpha value is -3.94. The summed E-state index contributed by atoms with van der Waals surface area (Å²) >= 11 is 0. The molecule has 34 heavy (non-hydrogen) atoms. The van der Waals surface area contributed by atoms with E-state index in [0.717, 1.165) is 36.7 Å². The topological polar surface area (TPSA) is 84.1 Å². The normalized spacial score (nSPS) is 14.4. The second-order valence-electron chi connectivity index (χ2n) is 8.73. The first-order valence-corrected chi connectivity index (χ1v) is 11.5. The van der Waals surface area contributed by atoms with Crippen LogP contribution < -0.4 is 15.0 Å². The summed E-state index contributed by atoms with van der Waals surface area (Å²) in [7, 11) is 3.24. The van der Waals surface area contributed by atoms with Gasteiger partial charge in [-0.1, -0.05) is 25.0 Å². The molecule has 1 saturated carbocycles. The van der Waals surface area contributed by atoms with Crippen LogP contribution in [0.15, 0.2) is 47.3 Å². The number of hydrogen-bond acceptors (Lipinski definition) is 6. The maximum absolute atomic E-state index is 14.0. The Labute approximate surface area is 195 Å². The molecule has 2 aromatic carbocycles. The van der Waals surface area contributed by atoms with Crippen molar-refractivity contribution in [2.75, 3.05) is 14.2 Å². The van der Waals surface area contributed by atoms with Gasteiger partial charge in [-0.15, -0.1) is 0 Å². The zero-order valence-electron chi connectivity index (χ0n) is 19.4. The van der Waals surface area contributed by atoms with Crippen LogP contribution in [0.3, 0.4) is 0 Å². The second-order valence-corrected chi connectivity index (χ2v) is 8.73. The number of aromatic nitrogens is 5. The van der Waals surface area contributed by atoms with E-state index in [4.69, 9.17) is 24.4 Å². The minimum atomic E-state index is -0.0652. The van der Waals surface area contributed by atoms with E-state index in [-0.39, 0.29) is 11.6 Å². The number of ether oxygens (including phenoxy) is 2. The zero-order chi connectivity index (χ0) is 23.4. The van der Waals surface area contributed by atoms with Gasteiger partial charge in [0.25, 0.3) is 5.56 Å². The molecule has 3 aromatic heterocycles. The third-order valence-corrected chi connectivity index (χ3v) is 6.80. The van der Waals surface area contributed by atoms with Gasteiger partial charge in [0, 0.05) is 12.1 Å². The van der Waals surface area contributed by atoms with Crippen LogP contribution in [0.25, 0.3) is 38.9 Å². The predicted octanol–water partition coefficient (Wildman–Crippen LogP) is 4.72. The summed E-state index contributed by atoms with van der Waals surface area (Å²) in [5.41, 5.74) is 3.73. The van der Waals surface area contributed by atoms with E-state index in [1.54, 1.807) is 14.2 Å². The van der Waals surface area contributed by atoms with Crippen LogP contribution in [-0.4, -0.2) is 38.3 Å². The van der Waals surface area contributed by atoms with Gasteiger partial charge in [-0.05, 0) is 44.0 Å². The van der Waals surface area contributed by atoms with Gasteiger partial charge < -0.3 is 9.47 Å². The number of methoxy groups -OCH3 is 2. The number of benzene rings is 2. The van der Waals surface area contributed by atoms with Gasteiger partial charge in [0.2, 0.25) is 0 Å². The third-order valence-electron chi connectivity index (χ3n) is 6.80. The van der Waals surface area contributed by atoms with E-state index in [1.807, 2.05) is 58.5 Å². The smallest absolute Gasteiger partial charge is 0.265 e. The van der Waals surface area contributed by atoms with Gasteiger partial charge in [-0.3, -0.25) is 13.9 Å². The summed E-state index contributed by atoms with van der Waals surface area (Å²) in [6.07, 6.45) is 4.24. The van der Waals surface area contributed by atoms with Gasteiger partial charge in [-0.25, -0.2) is 15.0 Å². The molecule has 8 heteroatoms. The van der Waals surface area contributed by atoms with Gasteiger partial charge in [0.05, 0.1) is 30.9 Å². The standard InChI is InChI=1S/C26H25N5O3/c1-15-27-24-22(26(32)30(15)16-8-4-5-9-16)23-25(29-19-11-7-6-10-18(19)28-23)31(24)20-14-17(33-2)12-13-21(20)34-3/h6-7,10-14,16H,4-5,8-9H2,1-3H3. The summed E-state index contributed by atoms with van der Waals surface area (Å²) in [6.45, 7) is 1.90. The van der Waals surface area contributed by atoms with Crippen molar-refractivity contribution in [3.63, 3.8) is 0 Å². The highest BCUT2D eigenvalue weighted by atomic mass is 16.5. The summed E-state index contributed by atoms with van der Waals surface area (Å²) in [6, 6.07) is 13.4. The van der Waals surface area contributed by atoms with Gasteiger partial charge >= 0.3 is 0 Å². The van der Waals surface area contributed by atoms with Crippen molar-refractivity contribution in [1.82, 2.24) is 24.1 Å². The number of aryl methyl sites for hydroxylation is 1. The quantitative estimate of drug-likeness (QED) is 0.390. The molecular weight excluding hydrogens is 430 g/mol. The Bertz CT molecular complexity index is 1630. The third kappa shape index (κ3) is 2.98. The van der Waals surface area contributed by atoms with Crippen molar-refractivity contribution < 1.29 is 9.47 Å². The Kier molecular flexibility index (Phi) is 4.76. The Balaban J connectivity index is 1.80. The maximum Gasteiger partial charge on any atom is 0.265 e. The monoisotopic (exact) mass is 455 g/mol. The number of hydrogen-bond donors (Lipinski definition) is 0. The molecule has 0 unspecified atom stereocenters. The van der Waals surface area contributed by atoms with Crippen molar-refractivity contribution >= 4 is 33.2 Å². The molecule has 0 radical (unpaired) electrons. The Morgan fingerprint density at radius 2 is 1.65 bits per heavy atom. The Morgan fingerprint density at radius 1 is 0.912 bits per heavy atom. The summed E-state index contributed by atoms with van der Waals surface area (Å²) in [5.74, 6) is 1.98. The molecule has 0 aliphatic heterocycles. The van der Waals surface area contributed by atoms with E-state index >= 15 is 0 Å². The number of para-hydroxylation sites is 2. The van der Waals surface area contributed by atoms with Gasteiger partial charge in [0.1, 0.15) is 28.2 Å². The highest BCUT2D eigenvalue weighted by Crippen LogP contribution is 2.36. The van der Waals surface area contributed by atoms with Crippen LogP contribution in [0.4, 0.5) is 0 Å². The fraction of sp³-hybridized carbons (Fsp3) is 0.308. The van der Waals surface area contributed by atoms with E-state index in [9.17, 15) is 4.79 Å². The lowest BCUT2D eigenvalue weighted by molar-refractivity contribution is 0.402. The molecular formula is C26H25N5O3. The summed E-state index contributed by atoms with van der Waals surface area (Å²) in [4.78, 5) is 28.8. The average molecular weight is 456 g/mol. The molecule has 1 aliphatic carbocycles. The fourth-order valence-electron chi connectivity index (χ4n) is 5.20. The molecule has 0 amide bonds.